The molecule has 0 bridgehead atoms. The molecule has 102 valence electrons. The Bertz CT molecular complexity index is 303. The lowest BCUT2D eigenvalue weighted by Crippen LogP contribution is -2.31. The Morgan fingerprint density at radius 2 is 1.83 bits per heavy atom. The van der Waals surface area contributed by atoms with Crippen LogP contribution in [0.2, 0.25) is 0 Å². The van der Waals surface area contributed by atoms with E-state index in [9.17, 15) is 9.59 Å². The standard InChI is InChI=1S/C9H18N6O3/c10-2-1-8(16)12-3-5-18-6-4-13-9(17)7-14-15-11/h1-7,10H2,(H,12,16)(H,13,17). The van der Waals surface area contributed by atoms with Gasteiger partial charge in [-0.15, -0.1) is 0 Å². The Morgan fingerprint density at radius 3 is 2.39 bits per heavy atom. The van der Waals surface area contributed by atoms with Gasteiger partial charge in [0.2, 0.25) is 11.8 Å². The van der Waals surface area contributed by atoms with Crippen LogP contribution in [0.1, 0.15) is 6.42 Å². The first kappa shape index (κ1) is 16.2. The number of nitrogens with two attached hydrogens (primary N) is 1. The highest BCUT2D eigenvalue weighted by molar-refractivity contribution is 5.78. The number of hydrogen-bond acceptors (Lipinski definition) is 5. The molecule has 9 nitrogen and oxygen atoms in total. The smallest absolute Gasteiger partial charge is 0.225 e. The molecule has 0 unspecified atom stereocenters. The van der Waals surface area contributed by atoms with Gasteiger partial charge in [0.05, 0.1) is 13.2 Å². The van der Waals surface area contributed by atoms with Gasteiger partial charge in [-0.2, -0.15) is 0 Å². The van der Waals surface area contributed by atoms with Crippen LogP contribution in [0.5, 0.6) is 0 Å². The van der Waals surface area contributed by atoms with Crippen LogP contribution in [0, 0.1) is 0 Å². The van der Waals surface area contributed by atoms with E-state index >= 15 is 0 Å². The van der Waals surface area contributed by atoms with Crippen LogP contribution in [-0.2, 0) is 14.3 Å². The molecule has 0 spiro atoms. The van der Waals surface area contributed by atoms with E-state index in [2.05, 4.69) is 20.7 Å². The molecule has 0 rings (SSSR count). The Labute approximate surface area is 105 Å². The van der Waals surface area contributed by atoms with Crippen LogP contribution >= 0.6 is 0 Å². The molecule has 0 aliphatic rings. The summed E-state index contributed by atoms with van der Waals surface area (Å²) in [4.78, 5) is 24.4. The van der Waals surface area contributed by atoms with E-state index in [1.165, 1.54) is 0 Å². The minimum atomic E-state index is -0.354. The topological polar surface area (TPSA) is 142 Å². The SMILES string of the molecule is [N-]=[N+]=NCC(=O)NCCOCCNC(=O)CCN. The Kier molecular flexibility index (Phi) is 10.5. The highest BCUT2D eigenvalue weighted by Gasteiger charge is 1.99. The zero-order valence-electron chi connectivity index (χ0n) is 10.1. The number of hydrogen-bond donors (Lipinski definition) is 3. The van der Waals surface area contributed by atoms with Gasteiger partial charge in [-0.05, 0) is 5.53 Å². The van der Waals surface area contributed by atoms with Gasteiger partial charge in [-0.3, -0.25) is 9.59 Å². The maximum Gasteiger partial charge on any atom is 0.225 e. The van der Waals surface area contributed by atoms with Gasteiger partial charge in [-0.1, -0.05) is 5.11 Å². The molecule has 0 saturated heterocycles. The van der Waals surface area contributed by atoms with Crippen molar-refractivity contribution in [2.75, 3.05) is 39.4 Å². The van der Waals surface area contributed by atoms with Gasteiger partial charge in [-0.25, -0.2) is 0 Å². The van der Waals surface area contributed by atoms with E-state index in [0.717, 1.165) is 0 Å². The number of carbonyl (C=O) groups is 2. The van der Waals surface area contributed by atoms with Crippen LogP contribution in [0.4, 0.5) is 0 Å². The fourth-order valence-corrected chi connectivity index (χ4v) is 0.999. The van der Waals surface area contributed by atoms with Crippen LogP contribution in [0.15, 0.2) is 5.11 Å². The molecule has 0 radical (unpaired) electrons. The van der Waals surface area contributed by atoms with Crippen molar-refractivity contribution in [3.63, 3.8) is 0 Å². The summed E-state index contributed by atoms with van der Waals surface area (Å²) in [6.45, 7) is 1.54. The Hall–Kier alpha value is -1.83. The molecule has 0 saturated carbocycles. The Morgan fingerprint density at radius 1 is 1.22 bits per heavy atom. The van der Waals surface area contributed by atoms with Gasteiger partial charge in [0, 0.05) is 31.0 Å². The summed E-state index contributed by atoms with van der Waals surface area (Å²) in [6.07, 6.45) is 0.301. The van der Waals surface area contributed by atoms with Gasteiger partial charge in [0.1, 0.15) is 6.54 Å². The second kappa shape index (κ2) is 11.6. The van der Waals surface area contributed by atoms with Gasteiger partial charge < -0.3 is 21.1 Å². The molecular formula is C9H18N6O3. The van der Waals surface area contributed by atoms with E-state index in [4.69, 9.17) is 16.0 Å². The van der Waals surface area contributed by atoms with E-state index < -0.39 is 0 Å². The van der Waals surface area contributed by atoms with Crippen molar-refractivity contribution < 1.29 is 14.3 Å². The molecule has 0 atom stereocenters. The number of ether oxygens (including phenoxy) is 1. The number of rotatable bonds is 10. The van der Waals surface area contributed by atoms with Crippen molar-refractivity contribution in [3.05, 3.63) is 10.4 Å². The zero-order valence-corrected chi connectivity index (χ0v) is 10.1. The molecule has 0 aromatic heterocycles. The van der Waals surface area contributed by atoms with Crippen molar-refractivity contribution in [1.82, 2.24) is 10.6 Å². The third-order valence-corrected chi connectivity index (χ3v) is 1.79. The second-order valence-electron chi connectivity index (χ2n) is 3.24. The maximum absolute atomic E-state index is 11.0. The van der Waals surface area contributed by atoms with E-state index in [-0.39, 0.29) is 18.4 Å². The summed E-state index contributed by atoms with van der Waals surface area (Å²) in [5.74, 6) is -0.462. The lowest BCUT2D eigenvalue weighted by Gasteiger charge is -2.06. The van der Waals surface area contributed by atoms with Crippen molar-refractivity contribution in [2.24, 2.45) is 10.8 Å². The Balaban J connectivity index is 3.28. The van der Waals surface area contributed by atoms with Crippen LogP contribution in [-0.4, -0.2) is 51.2 Å². The first-order valence-corrected chi connectivity index (χ1v) is 5.52. The number of carbonyl (C=O) groups excluding carboxylic acids is 2. The molecule has 4 N–H and O–H groups in total. The molecule has 0 fully saturated rings. The molecular weight excluding hydrogens is 240 g/mol. The molecule has 0 aliphatic carbocycles. The number of amides is 2. The van der Waals surface area contributed by atoms with Crippen LogP contribution in [0.3, 0.4) is 0 Å². The van der Waals surface area contributed by atoms with Gasteiger partial charge in [0.25, 0.3) is 0 Å². The molecule has 0 heterocycles. The lowest BCUT2D eigenvalue weighted by atomic mass is 10.4. The first-order chi connectivity index (χ1) is 8.70. The fourth-order valence-electron chi connectivity index (χ4n) is 0.999. The monoisotopic (exact) mass is 258 g/mol. The van der Waals surface area contributed by atoms with E-state index in [1.54, 1.807) is 0 Å². The largest absolute Gasteiger partial charge is 0.378 e. The predicted molar refractivity (Wildman–Crippen MR) is 64.5 cm³/mol. The normalized spacial score (nSPS) is 9.39. The van der Waals surface area contributed by atoms with Crippen molar-refractivity contribution in [2.45, 2.75) is 6.42 Å². The number of nitrogens with one attached hydrogen (secondary N) is 2. The molecule has 0 aliphatic heterocycles. The molecule has 18 heavy (non-hydrogen) atoms. The molecule has 0 aromatic rings. The quantitative estimate of drug-likeness (QED) is 0.198. The second-order valence-corrected chi connectivity index (χ2v) is 3.24. The lowest BCUT2D eigenvalue weighted by molar-refractivity contribution is -0.121. The average molecular weight is 258 g/mol. The summed E-state index contributed by atoms with van der Waals surface area (Å²) in [5.41, 5.74) is 13.2. The fraction of sp³-hybridized carbons (Fsp3) is 0.778. The third kappa shape index (κ3) is 10.7. The van der Waals surface area contributed by atoms with Gasteiger partial charge in [0.15, 0.2) is 0 Å². The van der Waals surface area contributed by atoms with Crippen LogP contribution < -0.4 is 16.4 Å². The molecule has 2 amide bonds. The summed E-state index contributed by atoms with van der Waals surface area (Å²) in [7, 11) is 0. The third-order valence-electron chi connectivity index (χ3n) is 1.79. The van der Waals surface area contributed by atoms with Crippen LogP contribution in [0.25, 0.3) is 10.4 Å². The van der Waals surface area contributed by atoms with Crippen molar-refractivity contribution in [3.8, 4) is 0 Å². The summed E-state index contributed by atoms with van der Waals surface area (Å²) in [6, 6.07) is 0. The van der Waals surface area contributed by atoms with E-state index in [0.29, 0.717) is 39.3 Å². The van der Waals surface area contributed by atoms with Crippen molar-refractivity contribution in [1.29, 1.82) is 0 Å². The minimum absolute atomic E-state index is 0.108. The first-order valence-electron chi connectivity index (χ1n) is 5.52. The number of nitrogens with zero attached hydrogens (tertiary/aromatic N) is 3. The predicted octanol–water partition coefficient (Wildman–Crippen LogP) is -1.11. The average Bonchev–Trinajstić information content (AvgIpc) is 2.35. The minimum Gasteiger partial charge on any atom is -0.378 e. The molecule has 0 aromatic carbocycles. The zero-order chi connectivity index (χ0) is 13.6. The number of azide groups is 1. The summed E-state index contributed by atoms with van der Waals surface area (Å²) >= 11 is 0. The highest BCUT2D eigenvalue weighted by Crippen LogP contribution is 1.77. The van der Waals surface area contributed by atoms with E-state index in [1.807, 2.05) is 0 Å². The summed E-state index contributed by atoms with van der Waals surface area (Å²) in [5, 5.41) is 8.24. The van der Waals surface area contributed by atoms with Crippen molar-refractivity contribution >= 4 is 11.8 Å². The maximum atomic E-state index is 11.0. The molecule has 9 heteroatoms. The summed E-state index contributed by atoms with van der Waals surface area (Å²) < 4.78 is 5.15. The highest BCUT2D eigenvalue weighted by atomic mass is 16.5. The van der Waals surface area contributed by atoms with Gasteiger partial charge >= 0.3 is 0 Å².